The molecule has 1 unspecified atom stereocenters. The lowest BCUT2D eigenvalue weighted by atomic mass is 9.89. The van der Waals surface area contributed by atoms with Crippen molar-refractivity contribution >= 4 is 34.0 Å². The normalized spacial score (nSPS) is 17.0. The highest BCUT2D eigenvalue weighted by molar-refractivity contribution is 7.98. The number of nitriles is 1. The van der Waals surface area contributed by atoms with E-state index in [0.29, 0.717) is 18.0 Å². The molecule has 2 N–H and O–H groups in total. The highest BCUT2D eigenvalue weighted by Gasteiger charge is 2.25. The van der Waals surface area contributed by atoms with Crippen molar-refractivity contribution in [1.82, 2.24) is 0 Å². The van der Waals surface area contributed by atoms with Crippen molar-refractivity contribution in [3.8, 4) is 6.07 Å². The molecule has 0 aliphatic heterocycles. The molecule has 4 nitrogen and oxygen atoms in total. The first-order valence-electron chi connectivity index (χ1n) is 9.28. The van der Waals surface area contributed by atoms with Crippen molar-refractivity contribution < 1.29 is 9.69 Å². The van der Waals surface area contributed by atoms with Crippen LogP contribution in [-0.4, -0.2) is 25.8 Å². The Balaban J connectivity index is 1.61. The number of thiophene rings is 1. The van der Waals surface area contributed by atoms with Gasteiger partial charge in [-0.15, -0.1) is 23.1 Å². The molecular formula is C21H26N3OS2+. The maximum Gasteiger partial charge on any atom is 0.280 e. The number of hydrogen-bond donors (Lipinski definition) is 2. The van der Waals surface area contributed by atoms with Gasteiger partial charge in [-0.25, -0.2) is 0 Å². The van der Waals surface area contributed by atoms with Gasteiger partial charge in [0, 0.05) is 15.3 Å². The van der Waals surface area contributed by atoms with Crippen LogP contribution in [0.15, 0.2) is 29.2 Å². The molecule has 2 aromatic rings. The molecule has 1 aliphatic carbocycles. The van der Waals surface area contributed by atoms with E-state index in [1.54, 1.807) is 23.1 Å². The summed E-state index contributed by atoms with van der Waals surface area (Å²) in [6, 6.07) is 10.8. The average Bonchev–Trinajstić information content (AvgIpc) is 2.97. The topological polar surface area (TPSA) is 57.3 Å². The second-order valence-corrected chi connectivity index (χ2v) is 9.36. The average molecular weight is 401 g/mol. The number of fused-ring (bicyclic) bond motifs is 1. The predicted molar refractivity (Wildman–Crippen MR) is 113 cm³/mol. The number of likely N-dealkylation sites (N-methyl/N-ethyl adjacent to an activating group) is 1. The van der Waals surface area contributed by atoms with Crippen LogP contribution in [0.4, 0.5) is 5.00 Å². The van der Waals surface area contributed by atoms with Gasteiger partial charge < -0.3 is 10.2 Å². The van der Waals surface area contributed by atoms with Crippen LogP contribution in [0, 0.1) is 17.2 Å². The molecule has 27 heavy (non-hydrogen) atoms. The number of anilines is 1. The summed E-state index contributed by atoms with van der Waals surface area (Å²) in [5, 5.41) is 13.3. The Morgan fingerprint density at radius 3 is 2.81 bits per heavy atom. The minimum atomic E-state index is -0.0311. The van der Waals surface area contributed by atoms with Crippen LogP contribution in [0.5, 0.6) is 0 Å². The van der Waals surface area contributed by atoms with Gasteiger partial charge in [-0.3, -0.25) is 4.79 Å². The number of quaternary nitrogens is 1. The van der Waals surface area contributed by atoms with E-state index in [1.807, 2.05) is 7.05 Å². The molecule has 1 heterocycles. The number of carbonyl (C=O) groups is 1. The Morgan fingerprint density at radius 1 is 1.41 bits per heavy atom. The van der Waals surface area contributed by atoms with Gasteiger partial charge in [0.1, 0.15) is 17.6 Å². The lowest BCUT2D eigenvalue weighted by Crippen LogP contribution is -3.08. The summed E-state index contributed by atoms with van der Waals surface area (Å²) in [6.45, 7) is 3.43. The minimum Gasteiger partial charge on any atom is -0.326 e. The van der Waals surface area contributed by atoms with Gasteiger partial charge in [-0.05, 0) is 49.1 Å². The van der Waals surface area contributed by atoms with E-state index in [4.69, 9.17) is 0 Å². The molecule has 1 amide bonds. The van der Waals surface area contributed by atoms with Crippen LogP contribution >= 0.6 is 23.1 Å². The zero-order valence-corrected chi connectivity index (χ0v) is 17.7. The van der Waals surface area contributed by atoms with Crippen molar-refractivity contribution in [2.24, 2.45) is 5.92 Å². The zero-order valence-electron chi connectivity index (χ0n) is 16.1. The monoisotopic (exact) mass is 400 g/mol. The minimum absolute atomic E-state index is 0.0311. The number of benzene rings is 1. The van der Waals surface area contributed by atoms with E-state index in [0.717, 1.165) is 41.3 Å². The first-order chi connectivity index (χ1) is 13.0. The van der Waals surface area contributed by atoms with E-state index >= 15 is 0 Å². The molecule has 6 heteroatoms. The van der Waals surface area contributed by atoms with Crippen molar-refractivity contribution in [2.45, 2.75) is 37.6 Å². The molecule has 1 aliphatic rings. The smallest absolute Gasteiger partial charge is 0.280 e. The Labute approximate surface area is 169 Å². The number of nitrogens with one attached hydrogen (secondary N) is 2. The molecule has 142 valence electrons. The number of amides is 1. The van der Waals surface area contributed by atoms with Gasteiger partial charge in [0.15, 0.2) is 6.54 Å². The quantitative estimate of drug-likeness (QED) is 0.733. The van der Waals surface area contributed by atoms with Gasteiger partial charge in [0.2, 0.25) is 0 Å². The van der Waals surface area contributed by atoms with Crippen LogP contribution in [-0.2, 0) is 24.2 Å². The van der Waals surface area contributed by atoms with Gasteiger partial charge in [-0.2, -0.15) is 5.26 Å². The number of carbonyl (C=O) groups excluding carboxylic acids is 1. The number of nitrogens with zero attached hydrogens (tertiary/aromatic N) is 1. The molecule has 0 bridgehead atoms. The molecular weight excluding hydrogens is 374 g/mol. The first kappa shape index (κ1) is 19.9. The van der Waals surface area contributed by atoms with Crippen molar-refractivity contribution in [3.05, 3.63) is 45.8 Å². The van der Waals surface area contributed by atoms with Gasteiger partial charge in [-0.1, -0.05) is 19.1 Å². The fraction of sp³-hybridized carbons (Fsp3) is 0.429. The third kappa shape index (κ3) is 4.92. The summed E-state index contributed by atoms with van der Waals surface area (Å²) in [7, 11) is 2.02. The first-order valence-corrected chi connectivity index (χ1v) is 11.3. The molecule has 0 radical (unpaired) electrons. The molecule has 1 aromatic carbocycles. The lowest BCUT2D eigenvalue weighted by Gasteiger charge is -2.17. The van der Waals surface area contributed by atoms with Gasteiger partial charge in [0.25, 0.3) is 5.91 Å². The molecule has 0 saturated carbocycles. The van der Waals surface area contributed by atoms with Gasteiger partial charge >= 0.3 is 0 Å². The van der Waals surface area contributed by atoms with Crippen molar-refractivity contribution in [1.29, 1.82) is 5.26 Å². The van der Waals surface area contributed by atoms with E-state index in [-0.39, 0.29) is 5.91 Å². The summed E-state index contributed by atoms with van der Waals surface area (Å²) < 4.78 is 0. The van der Waals surface area contributed by atoms with Crippen LogP contribution in [0.1, 0.15) is 34.9 Å². The molecule has 0 fully saturated rings. The predicted octanol–water partition coefficient (Wildman–Crippen LogP) is 3.12. The van der Waals surface area contributed by atoms with Crippen molar-refractivity contribution in [3.63, 3.8) is 0 Å². The summed E-state index contributed by atoms with van der Waals surface area (Å²) in [5.74, 6) is 0.621. The Bertz CT molecular complexity index is 852. The Kier molecular flexibility index (Phi) is 6.59. The Morgan fingerprint density at radius 2 is 2.15 bits per heavy atom. The fourth-order valence-electron chi connectivity index (χ4n) is 3.56. The molecule has 0 spiro atoms. The standard InChI is InChI=1S/C21H25N3OS2/c1-14-4-9-17-18(11-22)21(27-19(17)10-14)23-20(25)13-24(2)12-15-5-7-16(26-3)8-6-15/h5-8,14H,4,9-10,12-13H2,1-3H3,(H,23,25)/p+1/t14-/m0/s1. The fourth-order valence-corrected chi connectivity index (χ4v) is 5.34. The maximum atomic E-state index is 12.5. The number of thioether (sulfide) groups is 1. The summed E-state index contributed by atoms with van der Waals surface area (Å²) in [5.41, 5.74) is 3.06. The lowest BCUT2D eigenvalue weighted by molar-refractivity contribution is -0.885. The number of hydrogen-bond acceptors (Lipinski definition) is 4. The third-order valence-corrected chi connectivity index (χ3v) is 6.92. The Hall–Kier alpha value is -1.81. The van der Waals surface area contributed by atoms with Crippen molar-refractivity contribution in [2.75, 3.05) is 25.2 Å². The van der Waals surface area contributed by atoms with E-state index in [1.165, 1.54) is 15.3 Å². The molecule has 1 aromatic heterocycles. The second-order valence-electron chi connectivity index (χ2n) is 7.37. The number of rotatable bonds is 6. The maximum absolute atomic E-state index is 12.5. The van der Waals surface area contributed by atoms with Crippen LogP contribution in [0.25, 0.3) is 0 Å². The SMILES string of the molecule is CSc1ccc(C[NH+](C)CC(=O)Nc2sc3c(c2C#N)CC[C@H](C)C3)cc1. The summed E-state index contributed by atoms with van der Waals surface area (Å²) in [4.78, 5) is 16.2. The van der Waals surface area contributed by atoms with E-state index in [9.17, 15) is 10.1 Å². The molecule has 0 saturated heterocycles. The highest BCUT2D eigenvalue weighted by atomic mass is 32.2. The van der Waals surface area contributed by atoms with Crippen LogP contribution in [0.2, 0.25) is 0 Å². The summed E-state index contributed by atoms with van der Waals surface area (Å²) >= 11 is 3.31. The summed E-state index contributed by atoms with van der Waals surface area (Å²) in [6.07, 6.45) is 5.15. The molecule has 2 atom stereocenters. The van der Waals surface area contributed by atoms with Gasteiger partial charge in [0.05, 0.1) is 12.6 Å². The largest absolute Gasteiger partial charge is 0.326 e. The van der Waals surface area contributed by atoms with Crippen LogP contribution in [0.3, 0.4) is 0 Å². The van der Waals surface area contributed by atoms with Crippen LogP contribution < -0.4 is 10.2 Å². The highest BCUT2D eigenvalue weighted by Crippen LogP contribution is 2.39. The zero-order chi connectivity index (χ0) is 19.4. The van der Waals surface area contributed by atoms with E-state index < -0.39 is 0 Å². The van der Waals surface area contributed by atoms with E-state index in [2.05, 4.69) is 48.8 Å². The third-order valence-electron chi connectivity index (χ3n) is 5.00. The molecule has 3 rings (SSSR count). The second kappa shape index (κ2) is 8.92.